The lowest BCUT2D eigenvalue weighted by molar-refractivity contribution is -0.294. The third kappa shape index (κ3) is 3.95. The van der Waals surface area contributed by atoms with Gasteiger partial charge in [0, 0.05) is 7.11 Å². The molecule has 0 radical (unpaired) electrons. The van der Waals surface area contributed by atoms with Gasteiger partial charge >= 0.3 is 18.4 Å². The van der Waals surface area contributed by atoms with E-state index in [0.29, 0.717) is 0 Å². The maximum atomic E-state index is 12.2. The largest absolute Gasteiger partial charge is 0.465 e. The number of hydrogen-bond acceptors (Lipinski definition) is 2. The van der Waals surface area contributed by atoms with Gasteiger partial charge in [0.25, 0.3) is 0 Å². The SMILES string of the molecule is COC(C)N(C(=O)O)C(C(F)(F)F)C(F)(F)F. The van der Waals surface area contributed by atoms with Crippen molar-refractivity contribution < 1.29 is 41.0 Å². The van der Waals surface area contributed by atoms with Crippen molar-refractivity contribution in [3.05, 3.63) is 0 Å². The van der Waals surface area contributed by atoms with Gasteiger partial charge in [0.05, 0.1) is 0 Å². The molecule has 1 atom stereocenters. The second-order valence-corrected chi connectivity index (χ2v) is 3.01. The highest BCUT2D eigenvalue weighted by Crippen LogP contribution is 2.38. The number of alkyl halides is 6. The molecule has 1 N–H and O–H groups in total. The monoisotopic (exact) mass is 269 g/mol. The number of carboxylic acid groups (broad SMARTS) is 1. The van der Waals surface area contributed by atoms with Gasteiger partial charge in [0.1, 0.15) is 6.23 Å². The van der Waals surface area contributed by atoms with Gasteiger partial charge in [-0.3, -0.25) is 4.90 Å². The molecule has 10 heteroatoms. The summed E-state index contributed by atoms with van der Waals surface area (Å²) >= 11 is 0. The first-order chi connectivity index (χ1) is 7.42. The first kappa shape index (κ1) is 15.8. The van der Waals surface area contributed by atoms with Crippen LogP contribution in [-0.4, -0.2) is 47.8 Å². The molecule has 0 aliphatic carbocycles. The van der Waals surface area contributed by atoms with Crippen molar-refractivity contribution in [2.75, 3.05) is 7.11 Å². The van der Waals surface area contributed by atoms with E-state index in [2.05, 4.69) is 4.74 Å². The summed E-state index contributed by atoms with van der Waals surface area (Å²) in [5.41, 5.74) is 0. The van der Waals surface area contributed by atoms with E-state index in [1.54, 1.807) is 0 Å². The summed E-state index contributed by atoms with van der Waals surface area (Å²) in [4.78, 5) is 9.65. The molecule has 102 valence electrons. The van der Waals surface area contributed by atoms with Gasteiger partial charge in [-0.05, 0) is 6.92 Å². The lowest BCUT2D eigenvalue weighted by Gasteiger charge is -2.35. The molecule has 0 spiro atoms. The molecule has 1 amide bonds. The highest BCUT2D eigenvalue weighted by molar-refractivity contribution is 5.66. The lowest BCUT2D eigenvalue weighted by atomic mass is 10.2. The van der Waals surface area contributed by atoms with E-state index in [4.69, 9.17) is 5.11 Å². The minimum Gasteiger partial charge on any atom is -0.465 e. The summed E-state index contributed by atoms with van der Waals surface area (Å²) in [6.07, 6.45) is -15.8. The van der Waals surface area contributed by atoms with Crippen LogP contribution in [0.1, 0.15) is 6.92 Å². The van der Waals surface area contributed by atoms with Crippen molar-refractivity contribution in [3.8, 4) is 0 Å². The molecule has 0 aromatic carbocycles. The Morgan fingerprint density at radius 3 is 1.71 bits per heavy atom. The average Bonchev–Trinajstić information content (AvgIpc) is 2.07. The number of methoxy groups -OCH3 is 1. The van der Waals surface area contributed by atoms with Crippen molar-refractivity contribution in [2.24, 2.45) is 0 Å². The number of amides is 1. The predicted molar refractivity (Wildman–Crippen MR) is 42.2 cm³/mol. The van der Waals surface area contributed by atoms with E-state index in [1.165, 1.54) is 0 Å². The molecule has 0 aromatic rings. The van der Waals surface area contributed by atoms with Gasteiger partial charge in [-0.2, -0.15) is 26.3 Å². The molecule has 0 rings (SSSR count). The third-order valence-corrected chi connectivity index (χ3v) is 1.85. The van der Waals surface area contributed by atoms with Crippen LogP contribution in [0.2, 0.25) is 0 Å². The van der Waals surface area contributed by atoms with Crippen molar-refractivity contribution in [1.82, 2.24) is 4.90 Å². The Labute approximate surface area is 91.8 Å². The van der Waals surface area contributed by atoms with Gasteiger partial charge in [-0.25, -0.2) is 4.79 Å². The van der Waals surface area contributed by atoms with E-state index in [0.717, 1.165) is 14.0 Å². The highest BCUT2D eigenvalue weighted by atomic mass is 19.4. The van der Waals surface area contributed by atoms with Crippen molar-refractivity contribution in [1.29, 1.82) is 0 Å². The van der Waals surface area contributed by atoms with Crippen molar-refractivity contribution in [2.45, 2.75) is 31.5 Å². The first-order valence-corrected chi connectivity index (χ1v) is 4.10. The minimum absolute atomic E-state index is 0.763. The number of nitrogens with zero attached hydrogens (tertiary/aromatic N) is 1. The molecule has 1 unspecified atom stereocenters. The number of ether oxygens (including phenoxy) is 1. The van der Waals surface area contributed by atoms with Crippen LogP contribution in [0.3, 0.4) is 0 Å². The van der Waals surface area contributed by atoms with Crippen molar-refractivity contribution in [3.63, 3.8) is 0 Å². The number of halogens is 6. The molecule has 0 aliphatic heterocycles. The fraction of sp³-hybridized carbons (Fsp3) is 0.857. The zero-order valence-electron chi connectivity index (χ0n) is 8.63. The fourth-order valence-corrected chi connectivity index (χ4v) is 1.09. The van der Waals surface area contributed by atoms with Gasteiger partial charge in [0.2, 0.25) is 6.04 Å². The molecule has 0 fully saturated rings. The topological polar surface area (TPSA) is 49.8 Å². The molecule has 0 bridgehead atoms. The second-order valence-electron chi connectivity index (χ2n) is 3.01. The predicted octanol–water partition coefficient (Wildman–Crippen LogP) is 2.45. The molecule has 0 aliphatic rings. The Bertz CT molecular complexity index is 262. The van der Waals surface area contributed by atoms with E-state index in [9.17, 15) is 31.1 Å². The van der Waals surface area contributed by atoms with Crippen molar-refractivity contribution >= 4 is 6.09 Å². The summed E-state index contributed by atoms with van der Waals surface area (Å²) in [5, 5.41) is 8.42. The normalized spacial score (nSPS) is 14.9. The van der Waals surface area contributed by atoms with Crippen LogP contribution in [0.5, 0.6) is 0 Å². The summed E-state index contributed by atoms with van der Waals surface area (Å²) in [7, 11) is 0.796. The number of hydrogen-bond donors (Lipinski definition) is 1. The van der Waals surface area contributed by atoms with E-state index < -0.39 is 35.6 Å². The smallest absolute Gasteiger partial charge is 0.417 e. The Balaban J connectivity index is 5.48. The van der Waals surface area contributed by atoms with Crippen LogP contribution >= 0.6 is 0 Å². The lowest BCUT2D eigenvalue weighted by Crippen LogP contribution is -2.59. The summed E-state index contributed by atoms with van der Waals surface area (Å²) in [6.45, 7) is 0.763. The summed E-state index contributed by atoms with van der Waals surface area (Å²) in [6, 6.07) is -4.12. The maximum absolute atomic E-state index is 12.2. The molecular weight excluding hydrogens is 260 g/mol. The molecule has 0 saturated heterocycles. The van der Waals surface area contributed by atoms with Gasteiger partial charge < -0.3 is 9.84 Å². The average molecular weight is 269 g/mol. The number of carbonyl (C=O) groups is 1. The van der Waals surface area contributed by atoms with E-state index in [1.807, 2.05) is 0 Å². The fourth-order valence-electron chi connectivity index (χ4n) is 1.09. The molecular formula is C7H9F6NO3. The van der Waals surface area contributed by atoms with Crippen LogP contribution < -0.4 is 0 Å². The maximum Gasteiger partial charge on any atom is 0.417 e. The molecule has 0 heterocycles. The Hall–Kier alpha value is -1.19. The highest BCUT2D eigenvalue weighted by Gasteiger charge is 2.62. The quantitative estimate of drug-likeness (QED) is 0.632. The second kappa shape index (κ2) is 4.98. The molecule has 17 heavy (non-hydrogen) atoms. The first-order valence-electron chi connectivity index (χ1n) is 4.10. The Morgan fingerprint density at radius 1 is 1.18 bits per heavy atom. The van der Waals surface area contributed by atoms with Crippen LogP contribution in [0.4, 0.5) is 31.1 Å². The van der Waals surface area contributed by atoms with Crippen LogP contribution in [0.25, 0.3) is 0 Å². The van der Waals surface area contributed by atoms with Crippen LogP contribution in [-0.2, 0) is 4.74 Å². The van der Waals surface area contributed by atoms with Gasteiger partial charge in [-0.1, -0.05) is 0 Å². The van der Waals surface area contributed by atoms with Crippen LogP contribution in [0, 0.1) is 0 Å². The molecule has 0 aromatic heterocycles. The minimum atomic E-state index is -5.77. The van der Waals surface area contributed by atoms with E-state index >= 15 is 0 Å². The summed E-state index contributed by atoms with van der Waals surface area (Å²) in [5.74, 6) is 0. The molecule has 4 nitrogen and oxygen atoms in total. The van der Waals surface area contributed by atoms with Crippen LogP contribution in [0.15, 0.2) is 0 Å². The summed E-state index contributed by atoms with van der Waals surface area (Å²) < 4.78 is 77.6. The zero-order chi connectivity index (χ0) is 14.0. The number of rotatable bonds is 3. The van der Waals surface area contributed by atoms with Gasteiger partial charge in [-0.15, -0.1) is 0 Å². The Morgan fingerprint density at radius 2 is 1.53 bits per heavy atom. The zero-order valence-corrected chi connectivity index (χ0v) is 8.63. The molecule has 0 saturated carbocycles. The standard InChI is InChI=1S/C7H9F6NO3/c1-3(17-2)14(5(15)16)4(6(8,9)10)7(11,12)13/h3-4H,1-2H3,(H,15,16). The van der Waals surface area contributed by atoms with Gasteiger partial charge in [0.15, 0.2) is 0 Å². The third-order valence-electron chi connectivity index (χ3n) is 1.85. The Kier molecular flexibility index (Phi) is 4.63. The van der Waals surface area contributed by atoms with E-state index in [-0.39, 0.29) is 0 Å².